The maximum Gasteiger partial charge on any atom is 0.351 e. The van der Waals surface area contributed by atoms with E-state index in [0.29, 0.717) is 5.01 Å². The second kappa shape index (κ2) is 3.65. The molecule has 0 saturated heterocycles. The van der Waals surface area contributed by atoms with Crippen molar-refractivity contribution < 1.29 is 9.90 Å². The minimum Gasteiger partial charge on any atom is -0.493 e. The van der Waals surface area contributed by atoms with Crippen LogP contribution in [0, 0.1) is 0 Å². The van der Waals surface area contributed by atoms with E-state index >= 15 is 0 Å². The molecule has 1 aromatic rings. The van der Waals surface area contributed by atoms with Gasteiger partial charge in [0.25, 0.3) is 0 Å². The van der Waals surface area contributed by atoms with Crippen molar-refractivity contribution in [2.24, 2.45) is 11.7 Å². The van der Waals surface area contributed by atoms with Crippen molar-refractivity contribution in [2.45, 2.75) is 0 Å². The minimum atomic E-state index is -0.752. The smallest absolute Gasteiger partial charge is 0.351 e. The van der Waals surface area contributed by atoms with E-state index < -0.39 is 6.03 Å². The summed E-state index contributed by atoms with van der Waals surface area (Å²) in [6.45, 7) is 0. The fourth-order valence-corrected chi connectivity index (χ4v) is 0.643. The Morgan fingerprint density at radius 2 is 2.31 bits per heavy atom. The molecular weight excluding hydrogens is 176 g/mol. The molecule has 0 bridgehead atoms. The van der Waals surface area contributed by atoms with Crippen molar-refractivity contribution in [1.29, 1.82) is 0 Å². The van der Waals surface area contributed by atoms with E-state index in [2.05, 4.69) is 9.97 Å². The third-order valence-electron chi connectivity index (χ3n) is 1.23. The largest absolute Gasteiger partial charge is 0.493 e. The van der Waals surface area contributed by atoms with Crippen LogP contribution in [0.5, 0.6) is 5.88 Å². The molecular formula is C5H8N6O2. The number of aromatic hydroxyl groups is 1. The highest BCUT2D eigenvalue weighted by Crippen LogP contribution is 2.10. The summed E-state index contributed by atoms with van der Waals surface area (Å²) in [4.78, 5) is 17.9. The summed E-state index contributed by atoms with van der Waals surface area (Å²) in [6.07, 6.45) is 1.06. The number of nitrogens with two attached hydrogens (primary N) is 2. The molecule has 0 spiro atoms. The van der Waals surface area contributed by atoms with Crippen LogP contribution in [0.1, 0.15) is 0 Å². The lowest BCUT2D eigenvalue weighted by Crippen LogP contribution is -2.48. The van der Waals surface area contributed by atoms with Crippen LogP contribution < -0.4 is 22.1 Å². The summed E-state index contributed by atoms with van der Waals surface area (Å²) in [5.41, 5.74) is 1.80. The maximum absolute atomic E-state index is 10.8. The van der Waals surface area contributed by atoms with E-state index in [1.807, 2.05) is 0 Å². The van der Waals surface area contributed by atoms with Gasteiger partial charge in [0.15, 0.2) is 5.82 Å². The van der Waals surface area contributed by atoms with Crippen molar-refractivity contribution in [1.82, 2.24) is 15.4 Å². The molecule has 0 saturated carbocycles. The van der Waals surface area contributed by atoms with Crippen molar-refractivity contribution in [3.05, 3.63) is 12.4 Å². The molecule has 0 aromatic carbocycles. The summed E-state index contributed by atoms with van der Waals surface area (Å²) in [6, 6.07) is 0.369. The minimum absolute atomic E-state index is 0.0375. The number of hydrogen-bond donors (Lipinski definition) is 4. The predicted octanol–water partition coefficient (Wildman–Crippen LogP) is -1.55. The lowest BCUT2D eigenvalue weighted by molar-refractivity contribution is 0.246. The van der Waals surface area contributed by atoms with E-state index in [-0.39, 0.29) is 11.7 Å². The van der Waals surface area contributed by atoms with Crippen LogP contribution in [0.25, 0.3) is 0 Å². The molecule has 0 atom stereocenters. The number of hydrazine groups is 2. The van der Waals surface area contributed by atoms with Crippen molar-refractivity contribution >= 4 is 11.8 Å². The molecule has 1 heterocycles. The summed E-state index contributed by atoms with van der Waals surface area (Å²) >= 11 is 0. The zero-order valence-electron chi connectivity index (χ0n) is 6.51. The van der Waals surface area contributed by atoms with Gasteiger partial charge in [-0.15, -0.1) is 0 Å². The number of hydrogen-bond acceptors (Lipinski definition) is 6. The molecule has 1 rings (SSSR count). The number of rotatable bonds is 1. The average molecular weight is 184 g/mol. The van der Waals surface area contributed by atoms with Crippen LogP contribution in [0.2, 0.25) is 0 Å². The summed E-state index contributed by atoms with van der Waals surface area (Å²) < 4.78 is 0. The molecule has 8 nitrogen and oxygen atoms in total. The summed E-state index contributed by atoms with van der Waals surface area (Å²) in [5, 5.41) is 9.56. The van der Waals surface area contributed by atoms with E-state index in [9.17, 15) is 4.79 Å². The standard InChI is InChI=1S/C5H8N6O2/c6-10-5(13)11(7)3-1-4(12)9-2-8-3/h1-2H,6-7H2,(H,10,13)(H,8,9,12). The van der Waals surface area contributed by atoms with Crippen molar-refractivity contribution in [3.8, 4) is 5.88 Å². The number of amides is 2. The van der Waals surface area contributed by atoms with E-state index in [1.165, 1.54) is 0 Å². The van der Waals surface area contributed by atoms with Gasteiger partial charge in [-0.2, -0.15) is 0 Å². The number of carbonyl (C=O) groups is 1. The molecule has 2 amide bonds. The van der Waals surface area contributed by atoms with Gasteiger partial charge in [-0.1, -0.05) is 0 Å². The van der Waals surface area contributed by atoms with Crippen LogP contribution in [0.3, 0.4) is 0 Å². The van der Waals surface area contributed by atoms with Crippen LogP contribution in [0.15, 0.2) is 12.4 Å². The second-order valence-corrected chi connectivity index (χ2v) is 2.05. The molecule has 0 aliphatic rings. The second-order valence-electron chi connectivity index (χ2n) is 2.05. The number of carbonyl (C=O) groups excluding carboxylic acids is 1. The monoisotopic (exact) mass is 184 g/mol. The highest BCUT2D eigenvalue weighted by Gasteiger charge is 2.11. The SMILES string of the molecule is NNC(=O)N(N)c1cc(O)ncn1. The highest BCUT2D eigenvalue weighted by molar-refractivity contribution is 5.89. The van der Waals surface area contributed by atoms with Gasteiger partial charge in [0.2, 0.25) is 5.88 Å². The fraction of sp³-hybridized carbons (Fsp3) is 0. The Kier molecular flexibility index (Phi) is 2.57. The maximum atomic E-state index is 10.8. The Balaban J connectivity index is 2.88. The van der Waals surface area contributed by atoms with Gasteiger partial charge in [0, 0.05) is 6.07 Å². The molecule has 0 radical (unpaired) electrons. The quantitative estimate of drug-likeness (QED) is 0.237. The number of nitrogens with one attached hydrogen (secondary N) is 1. The molecule has 6 N–H and O–H groups in total. The summed E-state index contributed by atoms with van der Waals surface area (Å²) in [5.74, 6) is 9.83. The van der Waals surface area contributed by atoms with Crippen LogP contribution in [-0.2, 0) is 0 Å². The number of urea groups is 1. The van der Waals surface area contributed by atoms with Gasteiger partial charge < -0.3 is 5.11 Å². The first-order chi connectivity index (χ1) is 6.15. The zero-order chi connectivity index (χ0) is 9.84. The van der Waals surface area contributed by atoms with E-state index in [0.717, 1.165) is 12.4 Å². The normalized spacial score (nSPS) is 9.38. The highest BCUT2D eigenvalue weighted by atomic mass is 16.3. The number of anilines is 1. The molecule has 13 heavy (non-hydrogen) atoms. The van der Waals surface area contributed by atoms with Gasteiger partial charge in [-0.05, 0) is 0 Å². The summed E-state index contributed by atoms with van der Waals surface area (Å²) in [7, 11) is 0. The number of nitrogens with zero attached hydrogens (tertiary/aromatic N) is 3. The fourth-order valence-electron chi connectivity index (χ4n) is 0.643. The topological polar surface area (TPSA) is 130 Å². The zero-order valence-corrected chi connectivity index (χ0v) is 6.51. The number of aromatic nitrogens is 2. The first-order valence-electron chi connectivity index (χ1n) is 3.21. The first kappa shape index (κ1) is 9.16. The van der Waals surface area contributed by atoms with Crippen LogP contribution >= 0.6 is 0 Å². The van der Waals surface area contributed by atoms with Gasteiger partial charge in [0.1, 0.15) is 6.33 Å². The Labute approximate surface area is 73.1 Å². The molecule has 8 heteroatoms. The van der Waals surface area contributed by atoms with Crippen LogP contribution in [0.4, 0.5) is 10.6 Å². The lowest BCUT2D eigenvalue weighted by atomic mass is 10.5. The molecule has 70 valence electrons. The van der Waals surface area contributed by atoms with E-state index in [1.54, 1.807) is 5.43 Å². The Morgan fingerprint density at radius 1 is 1.62 bits per heavy atom. The Bertz CT molecular complexity index is 316. The third kappa shape index (κ3) is 2.01. The van der Waals surface area contributed by atoms with Gasteiger partial charge in [-0.25, -0.2) is 31.5 Å². The van der Waals surface area contributed by atoms with Gasteiger partial charge in [-0.3, -0.25) is 5.43 Å². The Morgan fingerprint density at radius 3 is 2.85 bits per heavy atom. The first-order valence-corrected chi connectivity index (χ1v) is 3.21. The molecule has 0 unspecified atom stereocenters. The third-order valence-corrected chi connectivity index (χ3v) is 1.23. The molecule has 1 aromatic heterocycles. The molecule has 0 aliphatic heterocycles. The van der Waals surface area contributed by atoms with Crippen LogP contribution in [-0.4, -0.2) is 21.1 Å². The van der Waals surface area contributed by atoms with Crippen molar-refractivity contribution in [3.63, 3.8) is 0 Å². The van der Waals surface area contributed by atoms with Gasteiger partial charge in [0.05, 0.1) is 0 Å². The predicted molar refractivity (Wildman–Crippen MR) is 43.1 cm³/mol. The van der Waals surface area contributed by atoms with E-state index in [4.69, 9.17) is 16.8 Å². The van der Waals surface area contributed by atoms with Gasteiger partial charge >= 0.3 is 6.03 Å². The molecule has 0 aliphatic carbocycles. The lowest BCUT2D eigenvalue weighted by Gasteiger charge is -2.13. The Hall–Kier alpha value is -1.93. The average Bonchev–Trinajstić information content (AvgIpc) is 2.15. The molecule has 0 fully saturated rings. The van der Waals surface area contributed by atoms with Crippen molar-refractivity contribution in [2.75, 3.05) is 5.01 Å².